The van der Waals surface area contributed by atoms with Crippen LogP contribution in [0, 0.1) is 35.5 Å². The van der Waals surface area contributed by atoms with Crippen LogP contribution in [-0.2, 0) is 73.1 Å². The first-order valence-corrected chi connectivity index (χ1v) is 31.6. The number of hydrogen-bond donors (Lipinski definition) is 0. The van der Waals surface area contributed by atoms with Crippen LogP contribution in [0.5, 0.6) is 0 Å². The lowest BCUT2D eigenvalue weighted by Gasteiger charge is -2.38. The molecule has 0 radical (unpaired) electrons. The van der Waals surface area contributed by atoms with Gasteiger partial charge in [0.25, 0.3) is 0 Å². The van der Waals surface area contributed by atoms with Crippen molar-refractivity contribution < 1.29 is 88.2 Å². The Morgan fingerprint density at radius 3 is 1.75 bits per heavy atom. The van der Waals surface area contributed by atoms with Gasteiger partial charge in [0.15, 0.2) is 11.6 Å². The van der Waals surface area contributed by atoms with Crippen molar-refractivity contribution in [2.24, 2.45) is 35.5 Å². The maximum atomic E-state index is 15.8. The van der Waals surface area contributed by atoms with Crippen molar-refractivity contribution in [3.05, 3.63) is 132 Å². The standard InChI is InChI=1S/C72H100F6O13/c1-19-20-28-45(6)63(68(13,14)85-16)46(7)29-27-34-56(66(82)69(86-17,71(73,74)75)52-30-23-21-24-31-52)59-36-35-55(90-59)40-54(79)38-48(9)58(80)41-57(67(83)70(87-18,72(76,77)78)53-32-25-22-26-33-53)51(12)47(8)37-50(11)64(88-43(2)3)65(89-44(4)5)61-39-49(10)60(91-61)42-62(81)84-15/h21-27,29-34,37,43-44,48-49,51,55-57,59-61,63-65H,6,11,19-20,28,35-36,38-42H2,1-5,7-10,12-18H3/b34-27+,46-29+,47-37+/t48-,49+,51-,55?,56+,57?,59+,60-,61+,63-,64+,65+,69-,70-/m0/s1. The number of esters is 1. The molecule has 4 rings (SSSR count). The van der Waals surface area contributed by atoms with Crippen LogP contribution in [0.1, 0.15) is 158 Å². The number of hydrogen-bond acceptors (Lipinski definition) is 13. The fraction of sp³-hybridized carbons (Fsp3) is 0.625. The highest BCUT2D eigenvalue weighted by molar-refractivity contribution is 5.97. The smallest absolute Gasteiger partial charge is 0.429 e. The Kier molecular flexibility index (Phi) is 29.3. The number of carbonyl (C=O) groups excluding carboxylic acids is 5. The molecule has 2 aromatic carbocycles. The topological polar surface area (TPSA) is 159 Å². The normalized spacial score (nSPS) is 22.4. The quantitative estimate of drug-likeness (QED) is 0.0272. The number of ether oxygens (including phenoxy) is 8. The minimum atomic E-state index is -5.34. The summed E-state index contributed by atoms with van der Waals surface area (Å²) >= 11 is 0. The maximum absolute atomic E-state index is 15.8. The van der Waals surface area contributed by atoms with E-state index in [-0.39, 0.29) is 43.6 Å². The second-order valence-electron chi connectivity index (χ2n) is 25.8. The van der Waals surface area contributed by atoms with E-state index < -0.39 is 149 Å². The molecule has 0 saturated carbocycles. The molecule has 2 fully saturated rings. The van der Waals surface area contributed by atoms with Crippen LogP contribution >= 0.6 is 0 Å². The molecule has 0 aliphatic carbocycles. The minimum Gasteiger partial charge on any atom is -0.469 e. The third kappa shape index (κ3) is 19.4. The second kappa shape index (κ2) is 34.1. The van der Waals surface area contributed by atoms with Crippen LogP contribution in [0.25, 0.3) is 0 Å². The van der Waals surface area contributed by atoms with Crippen molar-refractivity contribution in [3.63, 3.8) is 0 Å². The van der Waals surface area contributed by atoms with E-state index in [1.165, 1.54) is 81.6 Å². The number of halogens is 6. The van der Waals surface area contributed by atoms with Gasteiger partial charge in [-0.15, -0.1) is 0 Å². The summed E-state index contributed by atoms with van der Waals surface area (Å²) in [7, 11) is 4.48. The van der Waals surface area contributed by atoms with Gasteiger partial charge in [0.2, 0.25) is 11.2 Å². The summed E-state index contributed by atoms with van der Waals surface area (Å²) in [5.41, 5.74) is -6.28. The molecule has 19 heteroatoms. The molecule has 0 amide bonds. The van der Waals surface area contributed by atoms with Crippen LogP contribution in [0.4, 0.5) is 26.3 Å². The molecule has 508 valence electrons. The molecule has 2 unspecified atom stereocenters. The molecule has 0 aromatic heterocycles. The Hall–Kier alpha value is -5.41. The Bertz CT molecular complexity index is 2840. The number of ketones is 4. The highest BCUT2D eigenvalue weighted by Crippen LogP contribution is 2.49. The fourth-order valence-electron chi connectivity index (χ4n) is 12.9. The zero-order valence-electron chi connectivity index (χ0n) is 56.2. The van der Waals surface area contributed by atoms with Crippen LogP contribution in [0.15, 0.2) is 120 Å². The van der Waals surface area contributed by atoms with E-state index in [1.807, 2.05) is 55.4 Å². The van der Waals surface area contributed by atoms with E-state index >= 15 is 31.1 Å². The van der Waals surface area contributed by atoms with E-state index in [1.54, 1.807) is 26.2 Å². The van der Waals surface area contributed by atoms with Crippen LogP contribution < -0.4 is 0 Å². The number of methoxy groups -OCH3 is 4. The Morgan fingerprint density at radius 2 is 1.25 bits per heavy atom. The molecule has 91 heavy (non-hydrogen) atoms. The maximum Gasteiger partial charge on any atom is 0.429 e. The van der Waals surface area contributed by atoms with E-state index in [0.717, 1.165) is 50.3 Å². The van der Waals surface area contributed by atoms with Gasteiger partial charge in [0.1, 0.15) is 23.8 Å². The number of carbonyl (C=O) groups is 5. The summed E-state index contributed by atoms with van der Waals surface area (Å²) < 4.78 is 141. The number of allylic oxidation sites excluding steroid dienone is 3. The summed E-state index contributed by atoms with van der Waals surface area (Å²) in [6, 6.07) is 13.0. The lowest BCUT2D eigenvalue weighted by molar-refractivity contribution is -0.267. The molecule has 2 aliphatic heterocycles. The highest BCUT2D eigenvalue weighted by atomic mass is 19.4. The van der Waals surface area contributed by atoms with Gasteiger partial charge in [-0.2, -0.15) is 26.3 Å². The van der Waals surface area contributed by atoms with Gasteiger partial charge in [0.05, 0.1) is 61.7 Å². The molecule has 0 bridgehead atoms. The van der Waals surface area contributed by atoms with E-state index in [2.05, 4.69) is 20.1 Å². The van der Waals surface area contributed by atoms with Crippen molar-refractivity contribution in [2.45, 2.75) is 225 Å². The Labute approximate surface area is 536 Å². The zero-order chi connectivity index (χ0) is 68.6. The molecule has 0 N–H and O–H groups in total. The molecule has 2 heterocycles. The zero-order valence-corrected chi connectivity index (χ0v) is 56.2. The van der Waals surface area contributed by atoms with Crippen molar-refractivity contribution in [1.82, 2.24) is 0 Å². The van der Waals surface area contributed by atoms with Crippen molar-refractivity contribution in [2.75, 3.05) is 28.4 Å². The van der Waals surface area contributed by atoms with E-state index in [0.29, 0.717) is 24.0 Å². The van der Waals surface area contributed by atoms with Gasteiger partial charge in [-0.25, -0.2) is 0 Å². The van der Waals surface area contributed by atoms with E-state index in [9.17, 15) is 19.2 Å². The SMILES string of the molecule is C=C(/C=C(\C)[C@H](C)C(CC(=O)[C@@H](C)CC(=O)CC1CC[C@H]([C@@H](/C=C/C=C(\C)[C@H](C(=C)CCCC)C(C)(C)OC)C(=O)[C@@](OC)(c2ccccc2)C(F)(F)F)O1)C(=O)[C@@](OC)(c1ccccc1)C(F)(F)F)[C@@H](OC(C)C)[C@H](OC(C)C)[C@H]1C[C@@H](C)[C@H](CC(=O)OC)O1. The average Bonchev–Trinajstić information content (AvgIpc) is 1.13. The number of alkyl halides is 6. The monoisotopic (exact) mass is 1290 g/mol. The number of benzene rings is 2. The minimum absolute atomic E-state index is 0.00603. The predicted molar refractivity (Wildman–Crippen MR) is 338 cm³/mol. The van der Waals surface area contributed by atoms with Crippen LogP contribution in [0.3, 0.4) is 0 Å². The summed E-state index contributed by atoms with van der Waals surface area (Å²) in [5.74, 6) is -10.4. The molecular weight excluding hydrogens is 1190 g/mol. The fourth-order valence-corrected chi connectivity index (χ4v) is 12.9. The van der Waals surface area contributed by atoms with E-state index in [4.69, 9.17) is 37.9 Å². The van der Waals surface area contributed by atoms with Gasteiger partial charge >= 0.3 is 18.3 Å². The van der Waals surface area contributed by atoms with Gasteiger partial charge < -0.3 is 37.9 Å². The van der Waals surface area contributed by atoms with Gasteiger partial charge in [0, 0.05) is 69.5 Å². The third-order valence-corrected chi connectivity index (χ3v) is 18.0. The number of Topliss-reactive ketones (excluding diaryl/α,β-unsaturated/α-hetero) is 4. The van der Waals surface area contributed by atoms with Gasteiger partial charge in [-0.3, -0.25) is 24.0 Å². The lowest BCUT2D eigenvalue weighted by atomic mass is 9.72. The summed E-state index contributed by atoms with van der Waals surface area (Å²) in [6.07, 6.45) is -8.34. The Balaban J connectivity index is 1.72. The Morgan fingerprint density at radius 1 is 0.703 bits per heavy atom. The van der Waals surface area contributed by atoms with Gasteiger partial charge in [-0.1, -0.05) is 149 Å². The predicted octanol–water partition coefficient (Wildman–Crippen LogP) is 15.4. The van der Waals surface area contributed by atoms with Crippen molar-refractivity contribution in [1.29, 1.82) is 0 Å². The first kappa shape index (κ1) is 78.0. The molecule has 2 saturated heterocycles. The summed E-state index contributed by atoms with van der Waals surface area (Å²) in [5, 5.41) is 0. The first-order chi connectivity index (χ1) is 42.5. The lowest BCUT2D eigenvalue weighted by Crippen LogP contribution is -2.54. The van der Waals surface area contributed by atoms with Crippen LogP contribution in [-0.4, -0.2) is 124 Å². The van der Waals surface area contributed by atoms with Gasteiger partial charge in [-0.05, 0) is 105 Å². The molecule has 2 aliphatic rings. The second-order valence-corrected chi connectivity index (χ2v) is 25.8. The highest BCUT2D eigenvalue weighted by Gasteiger charge is 2.65. The summed E-state index contributed by atoms with van der Waals surface area (Å²) in [6.45, 7) is 30.3. The number of unbranched alkanes of at least 4 members (excludes halogenated alkanes) is 1. The summed E-state index contributed by atoms with van der Waals surface area (Å²) in [4.78, 5) is 71.2. The van der Waals surface area contributed by atoms with Crippen molar-refractivity contribution in [3.8, 4) is 0 Å². The number of rotatable bonds is 37. The largest absolute Gasteiger partial charge is 0.469 e. The average molecular weight is 1290 g/mol. The first-order valence-electron chi connectivity index (χ1n) is 31.6. The van der Waals surface area contributed by atoms with Crippen LogP contribution in [0.2, 0.25) is 0 Å². The third-order valence-electron chi connectivity index (χ3n) is 18.0. The molecule has 13 nitrogen and oxygen atoms in total. The molecule has 0 spiro atoms. The molecular formula is C72H100F6O13. The molecule has 14 atom stereocenters. The molecule has 2 aromatic rings. The van der Waals surface area contributed by atoms with Crippen molar-refractivity contribution >= 4 is 29.1 Å².